The molecule has 0 aliphatic rings. The Hall–Kier alpha value is -0.830. The van der Waals surface area contributed by atoms with Crippen LogP contribution in [0.5, 0.6) is 5.75 Å². The molecule has 0 radical (unpaired) electrons. The van der Waals surface area contributed by atoms with E-state index in [9.17, 15) is 4.79 Å². The van der Waals surface area contributed by atoms with Crippen molar-refractivity contribution >= 4 is 21.7 Å². The van der Waals surface area contributed by atoms with Crippen molar-refractivity contribution in [3.05, 3.63) is 29.8 Å². The Balaban J connectivity index is 2.89. The molecule has 1 aromatic rings. The zero-order valence-corrected chi connectivity index (χ0v) is 8.21. The number of hydrogen-bond acceptors (Lipinski definition) is 2. The molecular formula is C9H9BrO2. The molecule has 0 amide bonds. The Bertz CT molecular complexity index is 279. The Kier molecular flexibility index (Phi) is 2.87. The van der Waals surface area contributed by atoms with Crippen molar-refractivity contribution in [2.45, 2.75) is 11.8 Å². The molecule has 12 heavy (non-hydrogen) atoms. The van der Waals surface area contributed by atoms with Crippen molar-refractivity contribution in [1.82, 2.24) is 0 Å². The fourth-order valence-corrected chi connectivity index (χ4v) is 1.18. The molecule has 0 aromatic heterocycles. The van der Waals surface area contributed by atoms with Gasteiger partial charge in [0.1, 0.15) is 11.5 Å². The zero-order valence-electron chi connectivity index (χ0n) is 6.62. The van der Waals surface area contributed by atoms with E-state index < -0.39 is 0 Å². The normalized spacial score (nSPS) is 12.5. The lowest BCUT2D eigenvalue weighted by molar-refractivity contribution is -0.116. The molecule has 2 nitrogen and oxygen atoms in total. The van der Waals surface area contributed by atoms with Gasteiger partial charge in [-0.05, 0) is 24.6 Å². The highest BCUT2D eigenvalue weighted by atomic mass is 79.9. The van der Waals surface area contributed by atoms with E-state index in [0.29, 0.717) is 0 Å². The van der Waals surface area contributed by atoms with Gasteiger partial charge in [-0.3, -0.25) is 4.79 Å². The minimum atomic E-state index is -0.266. The van der Waals surface area contributed by atoms with Gasteiger partial charge in [0.15, 0.2) is 0 Å². The number of carbonyl (C=O) groups excluding carboxylic acids is 1. The maximum absolute atomic E-state index is 10.9. The fraction of sp³-hybridized carbons (Fsp3) is 0.222. The Morgan fingerprint density at radius 3 is 2.33 bits per heavy atom. The van der Waals surface area contributed by atoms with Crippen molar-refractivity contribution in [3.8, 4) is 5.75 Å². The first-order valence-corrected chi connectivity index (χ1v) is 4.46. The molecule has 1 N–H and O–H groups in total. The van der Waals surface area contributed by atoms with Crippen molar-refractivity contribution in [1.29, 1.82) is 0 Å². The third-order valence-corrected chi connectivity index (χ3v) is 2.72. The average Bonchev–Trinajstić information content (AvgIpc) is 2.04. The van der Waals surface area contributed by atoms with Crippen LogP contribution in [0.4, 0.5) is 0 Å². The number of phenols is 1. The van der Waals surface area contributed by atoms with Gasteiger partial charge in [0.25, 0.3) is 0 Å². The van der Waals surface area contributed by atoms with Crippen LogP contribution in [0.25, 0.3) is 0 Å². The second kappa shape index (κ2) is 3.72. The van der Waals surface area contributed by atoms with Crippen molar-refractivity contribution in [2.24, 2.45) is 0 Å². The molecule has 0 aliphatic carbocycles. The third-order valence-electron chi connectivity index (χ3n) is 1.54. The Morgan fingerprint density at radius 1 is 1.42 bits per heavy atom. The Labute approximate surface area is 79.3 Å². The predicted octanol–water partition coefficient (Wildman–Crippen LogP) is 2.42. The summed E-state index contributed by atoms with van der Waals surface area (Å²) in [6.07, 6.45) is 0. The van der Waals surface area contributed by atoms with Gasteiger partial charge in [-0.2, -0.15) is 0 Å². The summed E-state index contributed by atoms with van der Waals surface area (Å²) in [7, 11) is 0. The molecule has 1 aromatic carbocycles. The lowest BCUT2D eigenvalue weighted by Crippen LogP contribution is -1.99. The fourth-order valence-electron chi connectivity index (χ4n) is 0.878. The van der Waals surface area contributed by atoms with Crippen LogP contribution in [0.15, 0.2) is 24.3 Å². The summed E-state index contributed by atoms with van der Waals surface area (Å²) >= 11 is 3.24. The first-order valence-electron chi connectivity index (χ1n) is 3.54. The van der Waals surface area contributed by atoms with E-state index in [-0.39, 0.29) is 16.4 Å². The van der Waals surface area contributed by atoms with E-state index in [1.165, 1.54) is 6.92 Å². The van der Waals surface area contributed by atoms with Crippen LogP contribution in [0.3, 0.4) is 0 Å². The lowest BCUT2D eigenvalue weighted by Gasteiger charge is -2.05. The standard InChI is InChI=1S/C9H9BrO2/c1-6(11)9(10)7-2-4-8(12)5-3-7/h2-5,9,12H,1H3. The number of ketones is 1. The molecule has 1 atom stereocenters. The van der Waals surface area contributed by atoms with Crippen LogP contribution in [0, 0.1) is 0 Å². The second-order valence-corrected chi connectivity index (χ2v) is 3.48. The largest absolute Gasteiger partial charge is 0.508 e. The quantitative estimate of drug-likeness (QED) is 0.790. The molecule has 64 valence electrons. The molecular weight excluding hydrogens is 220 g/mol. The summed E-state index contributed by atoms with van der Waals surface area (Å²) in [5.41, 5.74) is 0.861. The van der Waals surface area contributed by atoms with Crippen LogP contribution in [0.2, 0.25) is 0 Å². The van der Waals surface area contributed by atoms with Gasteiger partial charge in [-0.1, -0.05) is 28.1 Å². The maximum atomic E-state index is 10.9. The molecule has 0 heterocycles. The maximum Gasteiger partial charge on any atom is 0.147 e. The zero-order chi connectivity index (χ0) is 9.14. The number of phenolic OH excluding ortho intramolecular Hbond substituents is 1. The summed E-state index contributed by atoms with van der Waals surface area (Å²) in [6.45, 7) is 1.52. The highest BCUT2D eigenvalue weighted by Crippen LogP contribution is 2.24. The van der Waals surface area contributed by atoms with Crippen molar-refractivity contribution in [3.63, 3.8) is 0 Å². The molecule has 1 unspecified atom stereocenters. The molecule has 0 bridgehead atoms. The highest BCUT2D eigenvalue weighted by molar-refractivity contribution is 9.09. The summed E-state index contributed by atoms with van der Waals surface area (Å²) in [4.78, 5) is 10.7. The Morgan fingerprint density at radius 2 is 1.92 bits per heavy atom. The number of carbonyl (C=O) groups is 1. The second-order valence-electron chi connectivity index (χ2n) is 2.56. The molecule has 0 saturated carbocycles. The average molecular weight is 229 g/mol. The van der Waals surface area contributed by atoms with Crippen LogP contribution in [-0.2, 0) is 4.79 Å². The van der Waals surface area contributed by atoms with E-state index in [0.717, 1.165) is 5.56 Å². The summed E-state index contributed by atoms with van der Waals surface area (Å²) in [5, 5.41) is 8.98. The van der Waals surface area contributed by atoms with Crippen LogP contribution >= 0.6 is 15.9 Å². The van der Waals surface area contributed by atoms with Gasteiger partial charge >= 0.3 is 0 Å². The number of hydrogen-bond donors (Lipinski definition) is 1. The highest BCUT2D eigenvalue weighted by Gasteiger charge is 2.11. The van der Waals surface area contributed by atoms with E-state index in [1.54, 1.807) is 24.3 Å². The number of Topliss-reactive ketones (excluding diaryl/α,β-unsaturated/α-hetero) is 1. The third kappa shape index (κ3) is 2.08. The van der Waals surface area contributed by atoms with E-state index in [2.05, 4.69) is 15.9 Å². The van der Waals surface area contributed by atoms with Gasteiger partial charge in [0, 0.05) is 0 Å². The van der Waals surface area contributed by atoms with Gasteiger partial charge in [0.2, 0.25) is 0 Å². The topological polar surface area (TPSA) is 37.3 Å². The van der Waals surface area contributed by atoms with E-state index in [4.69, 9.17) is 5.11 Å². The first kappa shape index (κ1) is 9.26. The number of rotatable bonds is 2. The number of benzene rings is 1. The lowest BCUT2D eigenvalue weighted by atomic mass is 10.1. The van der Waals surface area contributed by atoms with Gasteiger partial charge in [-0.25, -0.2) is 0 Å². The van der Waals surface area contributed by atoms with Crippen LogP contribution in [-0.4, -0.2) is 10.9 Å². The molecule has 0 aliphatic heterocycles. The van der Waals surface area contributed by atoms with E-state index in [1.807, 2.05) is 0 Å². The van der Waals surface area contributed by atoms with Crippen LogP contribution in [0.1, 0.15) is 17.3 Å². The summed E-state index contributed by atoms with van der Waals surface area (Å²) < 4.78 is 0. The first-order chi connectivity index (χ1) is 5.61. The monoisotopic (exact) mass is 228 g/mol. The molecule has 0 saturated heterocycles. The SMILES string of the molecule is CC(=O)C(Br)c1ccc(O)cc1. The molecule has 1 rings (SSSR count). The smallest absolute Gasteiger partial charge is 0.147 e. The van der Waals surface area contributed by atoms with Gasteiger partial charge in [-0.15, -0.1) is 0 Å². The molecule has 3 heteroatoms. The number of halogens is 1. The predicted molar refractivity (Wildman–Crippen MR) is 50.5 cm³/mol. The summed E-state index contributed by atoms with van der Waals surface area (Å²) in [6, 6.07) is 6.56. The number of aromatic hydroxyl groups is 1. The van der Waals surface area contributed by atoms with Crippen molar-refractivity contribution in [2.75, 3.05) is 0 Å². The van der Waals surface area contributed by atoms with Gasteiger partial charge in [0.05, 0.1) is 4.83 Å². The molecule has 0 spiro atoms. The van der Waals surface area contributed by atoms with Crippen LogP contribution < -0.4 is 0 Å². The van der Waals surface area contributed by atoms with Crippen molar-refractivity contribution < 1.29 is 9.90 Å². The van der Waals surface area contributed by atoms with Gasteiger partial charge < -0.3 is 5.11 Å². The molecule has 0 fully saturated rings. The van der Waals surface area contributed by atoms with E-state index >= 15 is 0 Å². The minimum Gasteiger partial charge on any atom is -0.508 e. The minimum absolute atomic E-state index is 0.0562. The number of alkyl halides is 1. The summed E-state index contributed by atoms with van der Waals surface area (Å²) in [5.74, 6) is 0.266.